The third kappa shape index (κ3) is 3.97. The number of halogens is 3. The Kier molecular flexibility index (Phi) is 4.72. The molecule has 0 bridgehead atoms. The maximum atomic E-state index is 5.83. The van der Waals surface area contributed by atoms with Crippen LogP contribution in [0.1, 0.15) is 5.56 Å². The molecule has 0 saturated heterocycles. The summed E-state index contributed by atoms with van der Waals surface area (Å²) < 4.78 is 0.740. The van der Waals surface area contributed by atoms with E-state index in [1.54, 1.807) is 6.07 Å². The minimum atomic E-state index is 0.570. The van der Waals surface area contributed by atoms with E-state index in [4.69, 9.17) is 35.4 Å². The van der Waals surface area contributed by atoms with E-state index in [0.29, 0.717) is 16.6 Å². The van der Waals surface area contributed by atoms with Gasteiger partial charge in [0.2, 0.25) is 0 Å². The molecule has 0 aromatic heterocycles. The minimum Gasteiger partial charge on any atom is -0.367 e. The Labute approximate surface area is 106 Å². The quantitative estimate of drug-likeness (QED) is 0.378. The average molecular weight is 346 g/mol. The Hall–Kier alpha value is 0.420. The molecule has 0 saturated carbocycles. The van der Waals surface area contributed by atoms with E-state index in [1.807, 2.05) is 34.7 Å². The highest BCUT2D eigenvalue weighted by molar-refractivity contribution is 14.1. The van der Waals surface area contributed by atoms with Gasteiger partial charge in [-0.2, -0.15) is 0 Å². The van der Waals surface area contributed by atoms with E-state index in [0.717, 1.165) is 8.56 Å². The van der Waals surface area contributed by atoms with Crippen molar-refractivity contribution in [3.63, 3.8) is 0 Å². The summed E-state index contributed by atoms with van der Waals surface area (Å²) in [6.45, 7) is 0.679. The van der Waals surface area contributed by atoms with Gasteiger partial charge in [-0.15, -0.1) is 0 Å². The molecule has 0 aliphatic carbocycles. The number of thiocarbonyl (C=S) groups is 1. The van der Waals surface area contributed by atoms with Crippen molar-refractivity contribution < 1.29 is 0 Å². The first kappa shape index (κ1) is 11.5. The molecule has 0 aliphatic heterocycles. The number of nitrogens with one attached hydrogen (secondary N) is 1. The van der Waals surface area contributed by atoms with Crippen LogP contribution in [0.4, 0.5) is 0 Å². The molecule has 1 aromatic rings. The summed E-state index contributed by atoms with van der Waals surface area (Å²) in [5, 5.41) is 4.17. The Morgan fingerprint density at radius 3 is 2.62 bits per heavy atom. The number of hydrogen-bond donors (Lipinski definition) is 1. The van der Waals surface area contributed by atoms with Gasteiger partial charge in [-0.25, -0.2) is 0 Å². The third-order valence-corrected chi connectivity index (χ3v) is 2.68. The van der Waals surface area contributed by atoms with Crippen LogP contribution in [0.5, 0.6) is 0 Å². The van der Waals surface area contributed by atoms with E-state index in [1.165, 1.54) is 0 Å². The van der Waals surface area contributed by atoms with Crippen LogP contribution in [0.25, 0.3) is 0 Å². The zero-order valence-electron chi connectivity index (χ0n) is 6.48. The summed E-state index contributed by atoms with van der Waals surface area (Å²) >= 11 is 18.5. The van der Waals surface area contributed by atoms with Crippen LogP contribution in [-0.2, 0) is 6.54 Å². The lowest BCUT2D eigenvalue weighted by atomic mass is 10.2. The standard InChI is InChI=1S/C8H6Cl2INS/c9-6-2-1-5(3-7(6)10)4-12-8(11)13/h1-3H,4H2,(H,12,13). The normalized spacial score (nSPS) is 9.77. The van der Waals surface area contributed by atoms with Crippen molar-refractivity contribution in [2.75, 3.05) is 0 Å². The van der Waals surface area contributed by atoms with Gasteiger partial charge in [0.15, 0.2) is 0 Å². The average Bonchev–Trinajstić information content (AvgIpc) is 2.07. The lowest BCUT2D eigenvalue weighted by Crippen LogP contribution is -2.14. The topological polar surface area (TPSA) is 12.0 Å². The maximum absolute atomic E-state index is 5.83. The zero-order valence-corrected chi connectivity index (χ0v) is 11.0. The lowest BCUT2D eigenvalue weighted by molar-refractivity contribution is 0.942. The smallest absolute Gasteiger partial charge is 0.138 e. The molecule has 0 atom stereocenters. The van der Waals surface area contributed by atoms with Crippen LogP contribution in [-0.4, -0.2) is 3.00 Å². The van der Waals surface area contributed by atoms with Crippen LogP contribution in [0.2, 0.25) is 10.0 Å². The predicted octanol–water partition coefficient (Wildman–Crippen LogP) is 3.80. The molecule has 0 spiro atoms. The lowest BCUT2D eigenvalue weighted by Gasteiger charge is -2.04. The molecule has 0 amide bonds. The Morgan fingerprint density at radius 2 is 2.08 bits per heavy atom. The van der Waals surface area contributed by atoms with Gasteiger partial charge in [0.25, 0.3) is 0 Å². The van der Waals surface area contributed by atoms with Crippen LogP contribution >= 0.6 is 58.0 Å². The molecular formula is C8H6Cl2INS. The summed E-state index contributed by atoms with van der Waals surface area (Å²) in [7, 11) is 0. The van der Waals surface area contributed by atoms with Crippen molar-refractivity contribution in [2.24, 2.45) is 0 Å². The molecule has 0 fully saturated rings. The van der Waals surface area contributed by atoms with Gasteiger partial charge in [0.1, 0.15) is 3.00 Å². The maximum Gasteiger partial charge on any atom is 0.138 e. The van der Waals surface area contributed by atoms with E-state index in [-0.39, 0.29) is 0 Å². The van der Waals surface area contributed by atoms with Crippen LogP contribution in [0.15, 0.2) is 18.2 Å². The molecular weight excluding hydrogens is 340 g/mol. The van der Waals surface area contributed by atoms with Gasteiger partial charge in [-0.05, 0) is 40.3 Å². The Morgan fingerprint density at radius 1 is 1.38 bits per heavy atom. The molecule has 0 heterocycles. The molecule has 1 rings (SSSR count). The first-order chi connectivity index (χ1) is 6.09. The molecule has 0 unspecified atom stereocenters. The summed E-state index contributed by atoms with van der Waals surface area (Å²) in [5.74, 6) is 0. The molecule has 5 heteroatoms. The van der Waals surface area contributed by atoms with Gasteiger partial charge >= 0.3 is 0 Å². The SMILES string of the molecule is S=C(I)NCc1ccc(Cl)c(Cl)c1. The van der Waals surface area contributed by atoms with E-state index >= 15 is 0 Å². The molecule has 0 aliphatic rings. The monoisotopic (exact) mass is 345 g/mol. The fourth-order valence-corrected chi connectivity index (χ4v) is 1.40. The molecule has 1 aromatic carbocycles. The van der Waals surface area contributed by atoms with Crippen molar-refractivity contribution in [1.29, 1.82) is 0 Å². The minimum absolute atomic E-state index is 0.570. The molecule has 70 valence electrons. The van der Waals surface area contributed by atoms with Crippen molar-refractivity contribution in [3.05, 3.63) is 33.8 Å². The summed E-state index contributed by atoms with van der Waals surface area (Å²) in [5.41, 5.74) is 1.06. The molecule has 1 N–H and O–H groups in total. The van der Waals surface area contributed by atoms with Crippen molar-refractivity contribution in [3.8, 4) is 0 Å². The second-order valence-corrected chi connectivity index (χ2v) is 5.41. The molecule has 1 nitrogen and oxygen atoms in total. The highest BCUT2D eigenvalue weighted by Gasteiger charge is 1.99. The van der Waals surface area contributed by atoms with Crippen molar-refractivity contribution in [2.45, 2.75) is 6.54 Å². The fraction of sp³-hybridized carbons (Fsp3) is 0.125. The number of rotatable bonds is 2. The second kappa shape index (κ2) is 5.34. The summed E-state index contributed by atoms with van der Waals surface area (Å²) in [6, 6.07) is 5.51. The Balaban J connectivity index is 2.68. The highest BCUT2D eigenvalue weighted by atomic mass is 127. The van der Waals surface area contributed by atoms with Crippen LogP contribution in [0, 0.1) is 0 Å². The van der Waals surface area contributed by atoms with Gasteiger partial charge in [0.05, 0.1) is 10.0 Å². The fourth-order valence-electron chi connectivity index (χ4n) is 0.821. The summed E-state index contributed by atoms with van der Waals surface area (Å²) in [6.07, 6.45) is 0. The van der Waals surface area contributed by atoms with Gasteiger partial charge < -0.3 is 5.32 Å². The van der Waals surface area contributed by atoms with E-state index < -0.39 is 0 Å². The third-order valence-electron chi connectivity index (χ3n) is 1.42. The zero-order chi connectivity index (χ0) is 9.84. The first-order valence-corrected chi connectivity index (χ1v) is 5.71. The first-order valence-electron chi connectivity index (χ1n) is 3.47. The van der Waals surface area contributed by atoms with Gasteiger partial charge in [-0.1, -0.05) is 41.5 Å². The predicted molar refractivity (Wildman–Crippen MR) is 69.9 cm³/mol. The van der Waals surface area contributed by atoms with Gasteiger partial charge in [-0.3, -0.25) is 0 Å². The largest absolute Gasteiger partial charge is 0.367 e. The molecule has 0 radical (unpaired) electrons. The summed E-state index contributed by atoms with van der Waals surface area (Å²) in [4.78, 5) is 0. The second-order valence-electron chi connectivity index (χ2n) is 2.38. The van der Waals surface area contributed by atoms with Crippen molar-refractivity contribution in [1.82, 2.24) is 5.32 Å². The van der Waals surface area contributed by atoms with E-state index in [9.17, 15) is 0 Å². The van der Waals surface area contributed by atoms with Gasteiger partial charge in [0, 0.05) is 6.54 Å². The molecule has 13 heavy (non-hydrogen) atoms. The Bertz CT molecular complexity index is 330. The van der Waals surface area contributed by atoms with Crippen LogP contribution in [0.3, 0.4) is 0 Å². The number of benzene rings is 1. The van der Waals surface area contributed by atoms with Crippen molar-refractivity contribution >= 4 is 61.0 Å². The van der Waals surface area contributed by atoms with Crippen LogP contribution < -0.4 is 5.32 Å². The highest BCUT2D eigenvalue weighted by Crippen LogP contribution is 2.22. The number of hydrogen-bond acceptors (Lipinski definition) is 1. The van der Waals surface area contributed by atoms with E-state index in [2.05, 4.69) is 5.32 Å².